The summed E-state index contributed by atoms with van der Waals surface area (Å²) in [6, 6.07) is 28.6. The molecule has 4 aromatic rings. The van der Waals surface area contributed by atoms with Crippen molar-refractivity contribution in [1.29, 1.82) is 0 Å². The monoisotopic (exact) mass is 617 g/mol. The van der Waals surface area contributed by atoms with Gasteiger partial charge in [0.25, 0.3) is 11.8 Å². The summed E-state index contributed by atoms with van der Waals surface area (Å²) in [6.45, 7) is 7.27. The second-order valence-corrected chi connectivity index (χ2v) is 13.8. The second kappa shape index (κ2) is 13.0. The van der Waals surface area contributed by atoms with Crippen molar-refractivity contribution in [2.24, 2.45) is 0 Å². The van der Waals surface area contributed by atoms with Gasteiger partial charge in [-0.1, -0.05) is 61.5 Å². The van der Waals surface area contributed by atoms with Gasteiger partial charge in [0.1, 0.15) is 5.82 Å². The van der Waals surface area contributed by atoms with Gasteiger partial charge in [0.05, 0.1) is 22.2 Å². The number of nitrogens with one attached hydrogen (secondary N) is 1. The van der Waals surface area contributed by atoms with Gasteiger partial charge in [-0.05, 0) is 100 Å². The van der Waals surface area contributed by atoms with Crippen LogP contribution in [0.1, 0.15) is 96.4 Å². The lowest BCUT2D eigenvalue weighted by Crippen LogP contribution is -2.49. The minimum Gasteiger partial charge on any atom is -0.352 e. The maximum absolute atomic E-state index is 13.8. The summed E-state index contributed by atoms with van der Waals surface area (Å²) >= 11 is 0. The van der Waals surface area contributed by atoms with E-state index in [2.05, 4.69) is 76.3 Å². The maximum atomic E-state index is 13.8. The van der Waals surface area contributed by atoms with Crippen LogP contribution in [-0.4, -0.2) is 69.4 Å². The molecule has 0 aliphatic carbocycles. The Morgan fingerprint density at radius 1 is 0.848 bits per heavy atom. The number of amides is 2. The quantitative estimate of drug-likeness (QED) is 0.222. The molecule has 7 rings (SSSR count). The van der Waals surface area contributed by atoms with Crippen molar-refractivity contribution in [2.75, 3.05) is 26.2 Å². The first kappa shape index (κ1) is 30.7. The van der Waals surface area contributed by atoms with Crippen LogP contribution in [0.25, 0.3) is 11.0 Å². The Kier molecular flexibility index (Phi) is 8.69. The molecule has 3 fully saturated rings. The third-order valence-corrected chi connectivity index (χ3v) is 11.2. The Morgan fingerprint density at radius 2 is 1.50 bits per heavy atom. The van der Waals surface area contributed by atoms with Gasteiger partial charge in [-0.15, -0.1) is 0 Å². The van der Waals surface area contributed by atoms with E-state index in [4.69, 9.17) is 4.98 Å². The van der Waals surface area contributed by atoms with Gasteiger partial charge in [0.2, 0.25) is 0 Å². The van der Waals surface area contributed by atoms with Crippen molar-refractivity contribution in [1.82, 2.24) is 24.7 Å². The molecular weight excluding hydrogens is 570 g/mol. The number of hydrogen-bond donors (Lipinski definition) is 1. The molecule has 2 atom stereocenters. The number of carbonyl (C=O) groups excluding carboxylic acids is 2. The molecule has 2 amide bonds. The van der Waals surface area contributed by atoms with E-state index in [1.165, 1.54) is 36.8 Å². The fraction of sp³-hybridized carbons (Fsp3) is 0.462. The van der Waals surface area contributed by atoms with Gasteiger partial charge in [-0.3, -0.25) is 14.5 Å². The Bertz CT molecular complexity index is 1680. The summed E-state index contributed by atoms with van der Waals surface area (Å²) in [5, 5.41) is 2.94. The number of imidazole rings is 1. The first-order valence-electron chi connectivity index (χ1n) is 17.4. The fourth-order valence-corrected chi connectivity index (χ4v) is 8.77. The van der Waals surface area contributed by atoms with Crippen LogP contribution in [0.3, 0.4) is 0 Å². The minimum absolute atomic E-state index is 0.0312. The van der Waals surface area contributed by atoms with Crippen molar-refractivity contribution in [3.05, 3.63) is 101 Å². The Labute approximate surface area is 273 Å². The van der Waals surface area contributed by atoms with Gasteiger partial charge < -0.3 is 14.8 Å². The van der Waals surface area contributed by atoms with Gasteiger partial charge in [0, 0.05) is 37.8 Å². The van der Waals surface area contributed by atoms with E-state index in [0.29, 0.717) is 48.9 Å². The Balaban J connectivity index is 1.05. The zero-order valence-corrected chi connectivity index (χ0v) is 27.3. The van der Waals surface area contributed by atoms with Crippen molar-refractivity contribution >= 4 is 22.8 Å². The van der Waals surface area contributed by atoms with Crippen molar-refractivity contribution < 1.29 is 9.59 Å². The highest BCUT2D eigenvalue weighted by molar-refractivity contribution is 6.07. The molecule has 3 saturated heterocycles. The third kappa shape index (κ3) is 5.74. The maximum Gasteiger partial charge on any atom is 0.254 e. The second-order valence-electron chi connectivity index (χ2n) is 13.8. The lowest BCUT2D eigenvalue weighted by atomic mass is 9.70. The molecule has 3 aliphatic heterocycles. The molecule has 0 spiro atoms. The van der Waals surface area contributed by atoms with E-state index >= 15 is 0 Å². The molecule has 0 saturated carbocycles. The molecule has 4 heterocycles. The first-order valence-corrected chi connectivity index (χ1v) is 17.4. The van der Waals surface area contributed by atoms with E-state index in [9.17, 15) is 9.59 Å². The summed E-state index contributed by atoms with van der Waals surface area (Å²) in [6.07, 6.45) is 8.73. The van der Waals surface area contributed by atoms with Crippen LogP contribution >= 0.6 is 0 Å². The SMILES string of the molecule is CCCNC(=O)c1ccccc1C(=O)N1CCC(CCN2C3CCC2CC(n2c(C)nc4ccccc42)C3)(c2ccccc2)CC1. The van der Waals surface area contributed by atoms with Crippen LogP contribution in [0.4, 0.5) is 0 Å². The molecule has 3 aromatic carbocycles. The molecule has 1 aromatic heterocycles. The summed E-state index contributed by atoms with van der Waals surface area (Å²) in [7, 11) is 0. The molecule has 1 N–H and O–H groups in total. The number of piperidine rings is 2. The zero-order valence-electron chi connectivity index (χ0n) is 27.3. The number of nitrogens with zero attached hydrogens (tertiary/aromatic N) is 4. The molecule has 0 radical (unpaired) electrons. The molecule has 7 heteroatoms. The number of rotatable bonds is 9. The highest BCUT2D eigenvalue weighted by atomic mass is 16.2. The van der Waals surface area contributed by atoms with Crippen molar-refractivity contribution in [3.8, 4) is 0 Å². The van der Waals surface area contributed by atoms with Crippen LogP contribution in [0.5, 0.6) is 0 Å². The number of fused-ring (bicyclic) bond motifs is 3. The topological polar surface area (TPSA) is 70.5 Å². The van der Waals surface area contributed by atoms with E-state index < -0.39 is 0 Å². The summed E-state index contributed by atoms with van der Waals surface area (Å²) < 4.78 is 2.52. The summed E-state index contributed by atoms with van der Waals surface area (Å²) in [4.78, 5) is 36.4. The molecule has 3 aliphatic rings. The smallest absolute Gasteiger partial charge is 0.254 e. The van der Waals surface area contributed by atoms with Gasteiger partial charge in [-0.25, -0.2) is 4.98 Å². The average molecular weight is 618 g/mol. The van der Waals surface area contributed by atoms with E-state index in [1.54, 1.807) is 12.1 Å². The van der Waals surface area contributed by atoms with Crippen LogP contribution in [0.15, 0.2) is 78.9 Å². The fourth-order valence-electron chi connectivity index (χ4n) is 8.77. The molecule has 46 heavy (non-hydrogen) atoms. The van der Waals surface area contributed by atoms with Crippen molar-refractivity contribution in [2.45, 2.75) is 88.8 Å². The predicted octanol–water partition coefficient (Wildman–Crippen LogP) is 6.92. The van der Waals surface area contributed by atoms with E-state index in [0.717, 1.165) is 43.6 Å². The highest BCUT2D eigenvalue weighted by Gasteiger charge is 2.44. The molecule has 2 unspecified atom stereocenters. The largest absolute Gasteiger partial charge is 0.352 e. The van der Waals surface area contributed by atoms with E-state index in [-0.39, 0.29) is 17.2 Å². The zero-order chi connectivity index (χ0) is 31.7. The molecule has 240 valence electrons. The number of carbonyl (C=O) groups is 2. The molecule has 2 bridgehead atoms. The van der Waals surface area contributed by atoms with Crippen molar-refractivity contribution in [3.63, 3.8) is 0 Å². The number of hydrogen-bond acceptors (Lipinski definition) is 4. The Morgan fingerprint density at radius 3 is 2.22 bits per heavy atom. The number of likely N-dealkylation sites (tertiary alicyclic amines) is 1. The molecular formula is C39H47N5O2. The Hall–Kier alpha value is -3.97. The van der Waals surface area contributed by atoms with Crippen LogP contribution in [0.2, 0.25) is 0 Å². The number of benzene rings is 3. The molecule has 7 nitrogen and oxygen atoms in total. The number of aromatic nitrogens is 2. The lowest BCUT2D eigenvalue weighted by molar-refractivity contribution is 0.0603. The number of aryl methyl sites for hydroxylation is 1. The van der Waals surface area contributed by atoms with Crippen LogP contribution in [-0.2, 0) is 5.41 Å². The lowest BCUT2D eigenvalue weighted by Gasteiger charge is -2.45. The normalized spacial score (nSPS) is 22.7. The van der Waals surface area contributed by atoms with Gasteiger partial charge in [0.15, 0.2) is 0 Å². The first-order chi connectivity index (χ1) is 22.5. The third-order valence-electron chi connectivity index (χ3n) is 11.2. The van der Waals surface area contributed by atoms with Gasteiger partial charge in [-0.2, -0.15) is 0 Å². The summed E-state index contributed by atoms with van der Waals surface area (Å²) in [5.41, 5.74) is 4.77. The van der Waals surface area contributed by atoms with Crippen LogP contribution < -0.4 is 5.32 Å². The van der Waals surface area contributed by atoms with Gasteiger partial charge >= 0.3 is 0 Å². The van der Waals surface area contributed by atoms with E-state index in [1.807, 2.05) is 24.0 Å². The highest BCUT2D eigenvalue weighted by Crippen LogP contribution is 2.45. The standard InChI is InChI=1S/C39H47N5O2/c1-3-22-40-37(45)33-13-7-8-14-34(33)38(46)42-23-19-39(20-24-42,29-11-5-4-6-12-29)21-25-43-30-17-18-31(43)27-32(26-30)44-28(2)41-35-15-9-10-16-36(35)44/h4-16,30-32H,3,17-27H2,1-2H3,(H,40,45). The average Bonchev–Trinajstić information content (AvgIpc) is 3.56. The van der Waals surface area contributed by atoms with Crippen LogP contribution in [0, 0.1) is 6.92 Å². The predicted molar refractivity (Wildman–Crippen MR) is 183 cm³/mol. The summed E-state index contributed by atoms with van der Waals surface area (Å²) in [5.74, 6) is 0.926. The minimum atomic E-state index is -0.170. The number of para-hydroxylation sites is 2.